The molecule has 1 aromatic heterocycles. The van der Waals surface area contributed by atoms with Gasteiger partial charge in [-0.05, 0) is 282 Å². The lowest BCUT2D eigenvalue weighted by atomic mass is 9.33. The van der Waals surface area contributed by atoms with E-state index in [-0.39, 0.29) is 17.5 Å². The maximum absolute atomic E-state index is 4.70. The van der Waals surface area contributed by atoms with Gasteiger partial charge >= 0.3 is 0 Å². The molecule has 3 heterocycles. The fourth-order valence-corrected chi connectivity index (χ4v) is 15.2. The lowest BCUT2D eigenvalue weighted by Crippen LogP contribution is -2.61. The Bertz CT molecular complexity index is 4590. The highest BCUT2D eigenvalue weighted by Crippen LogP contribution is 2.52. The number of aromatic nitrogens is 1. The molecule has 12 rings (SSSR count). The number of aryl methyl sites for hydroxylation is 6. The van der Waals surface area contributed by atoms with Gasteiger partial charge in [-0.1, -0.05) is 171 Å². The van der Waals surface area contributed by atoms with Crippen LogP contribution in [0.4, 0.5) is 34.1 Å². The van der Waals surface area contributed by atoms with Gasteiger partial charge in [0, 0.05) is 39.4 Å². The van der Waals surface area contributed by atoms with Crippen LogP contribution >= 0.6 is 0 Å². The van der Waals surface area contributed by atoms with Crippen LogP contribution in [0.3, 0.4) is 0 Å². The molecule has 9 aromatic rings. The minimum atomic E-state index is -0.220. The van der Waals surface area contributed by atoms with Gasteiger partial charge in [0.05, 0.1) is 22.6 Å². The van der Waals surface area contributed by atoms with E-state index in [0.717, 1.165) is 46.4 Å². The summed E-state index contributed by atoms with van der Waals surface area (Å²) >= 11 is 0. The van der Waals surface area contributed by atoms with Gasteiger partial charge in [0.2, 0.25) is 0 Å². The Kier molecular flexibility index (Phi) is 15.4. The van der Waals surface area contributed by atoms with Crippen LogP contribution in [0.2, 0.25) is 0 Å². The average molecular weight is 1160 g/mol. The van der Waals surface area contributed by atoms with Crippen molar-refractivity contribution in [1.82, 2.24) is 4.57 Å². The van der Waals surface area contributed by atoms with Crippen molar-refractivity contribution in [1.29, 1.82) is 0 Å². The Morgan fingerprint density at radius 3 is 1.73 bits per heavy atom. The van der Waals surface area contributed by atoms with Gasteiger partial charge in [0.15, 0.2) is 0 Å². The monoisotopic (exact) mass is 1160 g/mol. The molecule has 2 aliphatic heterocycles. The van der Waals surface area contributed by atoms with Crippen molar-refractivity contribution in [3.63, 3.8) is 0 Å². The molecule has 3 nitrogen and oxygen atoms in total. The highest BCUT2D eigenvalue weighted by Gasteiger charge is 2.46. The van der Waals surface area contributed by atoms with E-state index in [1.165, 1.54) is 156 Å². The summed E-state index contributed by atoms with van der Waals surface area (Å²) in [6, 6.07) is 51.5. The molecule has 0 spiro atoms. The van der Waals surface area contributed by atoms with E-state index >= 15 is 0 Å². The highest BCUT2D eigenvalue weighted by atomic mass is 15.2. The van der Waals surface area contributed by atoms with E-state index in [0.29, 0.717) is 0 Å². The summed E-state index contributed by atoms with van der Waals surface area (Å²) in [5.74, 6) is 0. The summed E-state index contributed by atoms with van der Waals surface area (Å²) in [5, 5.41) is 1.22. The molecule has 89 heavy (non-hydrogen) atoms. The van der Waals surface area contributed by atoms with Crippen molar-refractivity contribution in [3.05, 3.63) is 261 Å². The van der Waals surface area contributed by atoms with Gasteiger partial charge in [0.25, 0.3) is 6.71 Å². The number of hydrogen-bond acceptors (Lipinski definition) is 2. The van der Waals surface area contributed by atoms with Crippen LogP contribution < -0.4 is 26.2 Å². The number of fused-ring (bicyclic) bond motifs is 5. The molecule has 0 unspecified atom stereocenters. The minimum Gasteiger partial charge on any atom is -0.311 e. The third-order valence-electron chi connectivity index (χ3n) is 19.8. The van der Waals surface area contributed by atoms with Crippen molar-refractivity contribution in [2.45, 2.75) is 141 Å². The number of hydrogen-bond donors (Lipinski definition) is 0. The molecule has 0 N–H and O–H groups in total. The summed E-state index contributed by atoms with van der Waals surface area (Å²) in [5.41, 5.74) is 40.0. The standard InChI is InChI=1S/C85H88BN3/c1-21-30-70-71-48-73-77(49-75(71)87(74(70)23-3)81-52(6)33-28-34-53(81)7)89(83-54(8)41-61(42-55(83)9)65(22-2)58(12)59(13)66-35-26-24-31-50(66)4)79-47-64(85(18,19)20)46-78-80(79)86(73)72-40-39-63(84(15,16)17)45-76(72)88(78)82-56(10)43-62(44-57(82)11)68-37-29-38-69(60(68)14)67-36-27-25-32-51(67)5/h21-27,29-33,35-49H,2-3,13,28,34H2,1,4-12,14-20H3/b30-21-,65-58+. The molecule has 4 heteroatoms. The predicted octanol–water partition coefficient (Wildman–Crippen LogP) is 22.1. The first-order valence-corrected chi connectivity index (χ1v) is 32.1. The van der Waals surface area contributed by atoms with Gasteiger partial charge in [-0.2, -0.15) is 0 Å². The second kappa shape index (κ2) is 22.6. The molecule has 0 fully saturated rings. The van der Waals surface area contributed by atoms with Crippen LogP contribution in [0, 0.1) is 48.5 Å². The molecule has 0 radical (unpaired) electrons. The molecule has 1 aliphatic carbocycles. The van der Waals surface area contributed by atoms with Crippen molar-refractivity contribution < 1.29 is 0 Å². The zero-order chi connectivity index (χ0) is 63.4. The summed E-state index contributed by atoms with van der Waals surface area (Å²) < 4.78 is 2.54. The second-order valence-electron chi connectivity index (χ2n) is 27.9. The molecule has 0 atom stereocenters. The van der Waals surface area contributed by atoms with Crippen molar-refractivity contribution in [3.8, 4) is 22.3 Å². The maximum atomic E-state index is 4.70. The molecule has 3 aliphatic rings. The number of nitrogens with zero attached hydrogens (tertiary/aromatic N) is 3. The first-order valence-electron chi connectivity index (χ1n) is 32.1. The van der Waals surface area contributed by atoms with Gasteiger partial charge in [0.1, 0.15) is 0 Å². The first kappa shape index (κ1) is 60.4. The second-order valence-corrected chi connectivity index (χ2v) is 27.9. The zero-order valence-corrected chi connectivity index (χ0v) is 56.0. The minimum absolute atomic E-state index is 0.113. The van der Waals surface area contributed by atoms with E-state index in [1.54, 1.807) is 0 Å². The lowest BCUT2D eigenvalue weighted by Gasteiger charge is -2.46. The van der Waals surface area contributed by atoms with E-state index in [4.69, 9.17) is 6.58 Å². The lowest BCUT2D eigenvalue weighted by molar-refractivity contribution is 0.590. The Hall–Kier alpha value is -8.86. The maximum Gasteiger partial charge on any atom is 0.252 e. The smallest absolute Gasteiger partial charge is 0.252 e. The van der Waals surface area contributed by atoms with Crippen LogP contribution in [0.5, 0.6) is 0 Å². The molecule has 446 valence electrons. The number of anilines is 6. The fraction of sp³-hybridized carbons (Fsp3) is 0.247. The predicted molar refractivity (Wildman–Crippen MR) is 392 cm³/mol. The van der Waals surface area contributed by atoms with E-state index < -0.39 is 0 Å². The highest BCUT2D eigenvalue weighted by molar-refractivity contribution is 7.00. The molecular weight excluding hydrogens is 1070 g/mol. The molecule has 0 saturated carbocycles. The summed E-state index contributed by atoms with van der Waals surface area (Å²) in [4.78, 5) is 5.36. The first-order chi connectivity index (χ1) is 42.4. The Balaban J connectivity index is 1.19. The number of benzene rings is 8. The van der Waals surface area contributed by atoms with Crippen molar-refractivity contribution in [2.24, 2.45) is 0 Å². The SMILES string of the molecule is C=C/C(=C(/C)C(=C)c1ccccc1C)c1cc(C)c(N2c3cc4c(cc3B3c5ccc(C(C)(C)C)cc5N(c5c(C)cc(-c6cccc(-c7ccccc7C)c6C)cc5C)c5cc(C(C)(C)C)cc2c53)c(/C=C\C)c(C=C)n4C2=C(C)CCC=C2C)c(C)c1. The van der Waals surface area contributed by atoms with Gasteiger partial charge in [-0.15, -0.1) is 0 Å². The Labute approximate surface area is 532 Å². The molecule has 0 saturated heterocycles. The quantitative estimate of drug-likeness (QED) is 0.0945. The van der Waals surface area contributed by atoms with E-state index in [9.17, 15) is 0 Å². The third kappa shape index (κ3) is 9.99. The average Bonchev–Trinajstić information content (AvgIpc) is 1.51. The van der Waals surface area contributed by atoms with Crippen LogP contribution in [-0.2, 0) is 10.8 Å². The van der Waals surface area contributed by atoms with E-state index in [2.05, 4.69) is 303 Å². The summed E-state index contributed by atoms with van der Waals surface area (Å²) in [7, 11) is 0. The Morgan fingerprint density at radius 1 is 0.573 bits per heavy atom. The Morgan fingerprint density at radius 2 is 1.15 bits per heavy atom. The fourth-order valence-electron chi connectivity index (χ4n) is 15.2. The third-order valence-corrected chi connectivity index (χ3v) is 19.8. The normalized spacial score (nSPS) is 14.3. The van der Waals surface area contributed by atoms with Crippen molar-refractivity contribution in [2.75, 3.05) is 9.80 Å². The number of rotatable bonds is 11. The van der Waals surface area contributed by atoms with Crippen LogP contribution in [0.15, 0.2) is 188 Å². The van der Waals surface area contributed by atoms with E-state index in [1.807, 2.05) is 6.08 Å². The molecule has 0 amide bonds. The van der Waals surface area contributed by atoms with Crippen LogP contribution in [-0.4, -0.2) is 11.3 Å². The largest absolute Gasteiger partial charge is 0.311 e. The van der Waals surface area contributed by atoms with Crippen LogP contribution in [0.25, 0.3) is 62.2 Å². The summed E-state index contributed by atoms with van der Waals surface area (Å²) in [6.45, 7) is 52.8. The topological polar surface area (TPSA) is 11.4 Å². The van der Waals surface area contributed by atoms with Gasteiger partial charge < -0.3 is 14.4 Å². The molecule has 0 bridgehead atoms. The molecule has 8 aromatic carbocycles. The van der Waals surface area contributed by atoms with Gasteiger partial charge in [-0.25, -0.2) is 0 Å². The summed E-state index contributed by atoms with van der Waals surface area (Å²) in [6.07, 6.45) is 13.1. The number of allylic oxidation sites excluding steroid dienone is 9. The zero-order valence-electron chi connectivity index (χ0n) is 56.0. The van der Waals surface area contributed by atoms with Crippen LogP contribution in [0.1, 0.15) is 155 Å². The molecular formula is C85H88BN3. The van der Waals surface area contributed by atoms with Gasteiger partial charge in [-0.3, -0.25) is 0 Å². The van der Waals surface area contributed by atoms with Crippen molar-refractivity contribution >= 4 is 97.1 Å².